The summed E-state index contributed by atoms with van der Waals surface area (Å²) in [6, 6.07) is 0.243. The third-order valence-electron chi connectivity index (χ3n) is 3.94. The van der Waals surface area contributed by atoms with E-state index in [0.717, 1.165) is 44.2 Å². The van der Waals surface area contributed by atoms with E-state index in [2.05, 4.69) is 41.0 Å². The van der Waals surface area contributed by atoms with Crippen molar-refractivity contribution >= 4 is 28.2 Å². The zero-order valence-corrected chi connectivity index (χ0v) is 13.9. The van der Waals surface area contributed by atoms with Gasteiger partial charge in [0.05, 0.1) is 0 Å². The first-order chi connectivity index (χ1) is 10.0. The number of aromatic nitrogens is 1. The van der Waals surface area contributed by atoms with Crippen LogP contribution in [0.2, 0.25) is 0 Å². The fourth-order valence-corrected chi connectivity index (χ4v) is 3.53. The lowest BCUT2D eigenvalue weighted by Crippen LogP contribution is -2.43. The molecule has 1 fully saturated rings. The van der Waals surface area contributed by atoms with Crippen LogP contribution in [0.4, 0.5) is 10.9 Å². The van der Waals surface area contributed by atoms with Crippen molar-refractivity contribution < 1.29 is 4.79 Å². The van der Waals surface area contributed by atoms with Gasteiger partial charge in [0.15, 0.2) is 5.13 Å². The fourth-order valence-electron chi connectivity index (χ4n) is 2.52. The van der Waals surface area contributed by atoms with E-state index in [1.54, 1.807) is 0 Å². The van der Waals surface area contributed by atoms with Crippen LogP contribution in [0.3, 0.4) is 0 Å². The maximum absolute atomic E-state index is 12.4. The highest BCUT2D eigenvalue weighted by atomic mass is 32.1. The van der Waals surface area contributed by atoms with Gasteiger partial charge in [0.1, 0.15) is 10.7 Å². The summed E-state index contributed by atoms with van der Waals surface area (Å²) in [5, 5.41) is 3.92. The number of piperidine rings is 1. The Morgan fingerprint density at radius 2 is 2.05 bits per heavy atom. The molecule has 1 aliphatic rings. The number of nitrogens with two attached hydrogens (primary N) is 1. The predicted octanol–water partition coefficient (Wildman–Crippen LogP) is 1.40. The van der Waals surface area contributed by atoms with Gasteiger partial charge in [-0.25, -0.2) is 4.98 Å². The Hall–Kier alpha value is -1.34. The summed E-state index contributed by atoms with van der Waals surface area (Å²) in [6.07, 6.45) is 1.98. The number of carbonyl (C=O) groups excluding carboxylic acids is 1. The quantitative estimate of drug-likeness (QED) is 0.860. The Labute approximate surface area is 130 Å². The van der Waals surface area contributed by atoms with Crippen molar-refractivity contribution in [1.29, 1.82) is 0 Å². The summed E-state index contributed by atoms with van der Waals surface area (Å²) in [7, 11) is 2.11. The summed E-state index contributed by atoms with van der Waals surface area (Å²) in [4.78, 5) is 21.6. The van der Waals surface area contributed by atoms with E-state index in [0.29, 0.717) is 10.7 Å². The van der Waals surface area contributed by atoms with E-state index in [1.165, 1.54) is 11.3 Å². The van der Waals surface area contributed by atoms with Crippen LogP contribution in [0.1, 0.15) is 36.4 Å². The zero-order chi connectivity index (χ0) is 15.4. The average Bonchev–Trinajstić information content (AvgIpc) is 2.85. The first kappa shape index (κ1) is 16.0. The maximum Gasteiger partial charge on any atom is 0.265 e. The van der Waals surface area contributed by atoms with E-state index in [4.69, 9.17) is 5.73 Å². The molecule has 0 aliphatic carbocycles. The van der Waals surface area contributed by atoms with Crippen molar-refractivity contribution in [2.24, 2.45) is 0 Å². The minimum absolute atomic E-state index is 0.0852. The summed E-state index contributed by atoms with van der Waals surface area (Å²) in [6.45, 7) is 7.90. The Balaban J connectivity index is 2.02. The molecule has 3 N–H and O–H groups in total. The van der Waals surface area contributed by atoms with Gasteiger partial charge in [0.25, 0.3) is 5.91 Å². The van der Waals surface area contributed by atoms with Gasteiger partial charge in [0.2, 0.25) is 0 Å². The van der Waals surface area contributed by atoms with E-state index in [9.17, 15) is 4.79 Å². The van der Waals surface area contributed by atoms with Crippen molar-refractivity contribution in [3.05, 3.63) is 4.88 Å². The SMILES string of the molecule is CCN(CC)c1nc(N)c(C(=O)NC2CCN(C)CC2)s1. The van der Waals surface area contributed by atoms with Crippen LogP contribution in [0.15, 0.2) is 0 Å². The van der Waals surface area contributed by atoms with Crippen LogP contribution in [0.5, 0.6) is 0 Å². The number of nitrogens with zero attached hydrogens (tertiary/aromatic N) is 3. The number of nitrogen functional groups attached to an aromatic ring is 1. The van der Waals surface area contributed by atoms with E-state index in [1.807, 2.05) is 0 Å². The topological polar surface area (TPSA) is 74.5 Å². The molecule has 0 spiro atoms. The molecule has 118 valence electrons. The van der Waals surface area contributed by atoms with Gasteiger partial charge >= 0.3 is 0 Å². The molecular formula is C14H25N5OS. The van der Waals surface area contributed by atoms with Crippen molar-refractivity contribution in [2.75, 3.05) is 43.9 Å². The normalized spacial score (nSPS) is 16.9. The molecule has 1 amide bonds. The van der Waals surface area contributed by atoms with Gasteiger partial charge in [-0.15, -0.1) is 0 Å². The van der Waals surface area contributed by atoms with E-state index in [-0.39, 0.29) is 11.9 Å². The Kier molecular flexibility index (Phi) is 5.41. The zero-order valence-electron chi connectivity index (χ0n) is 13.1. The molecule has 0 aromatic carbocycles. The highest BCUT2D eigenvalue weighted by Crippen LogP contribution is 2.28. The van der Waals surface area contributed by atoms with Crippen molar-refractivity contribution in [2.45, 2.75) is 32.7 Å². The van der Waals surface area contributed by atoms with Crippen molar-refractivity contribution in [1.82, 2.24) is 15.2 Å². The molecule has 1 aromatic heterocycles. The van der Waals surface area contributed by atoms with Gasteiger partial charge in [-0.05, 0) is 46.8 Å². The average molecular weight is 311 g/mol. The highest BCUT2D eigenvalue weighted by Gasteiger charge is 2.23. The number of hydrogen-bond donors (Lipinski definition) is 2. The van der Waals surface area contributed by atoms with Gasteiger partial charge < -0.3 is 20.9 Å². The first-order valence-electron chi connectivity index (χ1n) is 7.55. The van der Waals surface area contributed by atoms with Crippen LogP contribution in [-0.4, -0.2) is 55.1 Å². The second kappa shape index (κ2) is 7.09. The standard InChI is InChI=1S/C14H25N5OS/c1-4-19(5-2)14-17-12(15)11(21-14)13(20)16-10-6-8-18(3)9-7-10/h10H,4-9,15H2,1-3H3,(H,16,20). The first-order valence-corrected chi connectivity index (χ1v) is 8.37. The van der Waals surface area contributed by atoms with Gasteiger partial charge in [0, 0.05) is 19.1 Å². The molecule has 6 nitrogen and oxygen atoms in total. The van der Waals surface area contributed by atoms with Crippen LogP contribution >= 0.6 is 11.3 Å². The molecule has 7 heteroatoms. The van der Waals surface area contributed by atoms with Gasteiger partial charge in [-0.3, -0.25) is 4.79 Å². The number of carbonyl (C=O) groups is 1. The number of hydrogen-bond acceptors (Lipinski definition) is 6. The minimum atomic E-state index is -0.0852. The number of rotatable bonds is 5. The molecule has 0 radical (unpaired) electrons. The number of likely N-dealkylation sites (tertiary alicyclic amines) is 1. The largest absolute Gasteiger partial charge is 0.382 e. The Morgan fingerprint density at radius 3 is 2.62 bits per heavy atom. The number of amides is 1. The molecule has 1 saturated heterocycles. The second-order valence-corrected chi connectivity index (χ2v) is 6.41. The number of nitrogens with one attached hydrogen (secondary N) is 1. The lowest BCUT2D eigenvalue weighted by molar-refractivity contribution is 0.0921. The van der Waals surface area contributed by atoms with Crippen molar-refractivity contribution in [3.8, 4) is 0 Å². The molecule has 2 heterocycles. The second-order valence-electron chi connectivity index (χ2n) is 5.43. The number of thiazole rings is 1. The fraction of sp³-hybridized carbons (Fsp3) is 0.714. The van der Waals surface area contributed by atoms with Gasteiger partial charge in [-0.2, -0.15) is 0 Å². The molecule has 0 saturated carbocycles. The molecule has 21 heavy (non-hydrogen) atoms. The van der Waals surface area contributed by atoms with Crippen LogP contribution < -0.4 is 16.0 Å². The lowest BCUT2D eigenvalue weighted by atomic mass is 10.1. The summed E-state index contributed by atoms with van der Waals surface area (Å²) in [5.41, 5.74) is 5.92. The molecular weight excluding hydrogens is 286 g/mol. The van der Waals surface area contributed by atoms with Crippen LogP contribution in [0, 0.1) is 0 Å². The van der Waals surface area contributed by atoms with Crippen LogP contribution in [-0.2, 0) is 0 Å². The predicted molar refractivity (Wildman–Crippen MR) is 88.1 cm³/mol. The molecule has 1 aromatic rings. The van der Waals surface area contributed by atoms with Crippen LogP contribution in [0.25, 0.3) is 0 Å². The summed E-state index contributed by atoms with van der Waals surface area (Å²) < 4.78 is 0. The highest BCUT2D eigenvalue weighted by molar-refractivity contribution is 7.18. The molecule has 2 rings (SSSR count). The number of anilines is 2. The minimum Gasteiger partial charge on any atom is -0.382 e. The third kappa shape index (κ3) is 3.85. The molecule has 0 unspecified atom stereocenters. The maximum atomic E-state index is 12.4. The van der Waals surface area contributed by atoms with E-state index < -0.39 is 0 Å². The third-order valence-corrected chi connectivity index (χ3v) is 5.07. The Bertz CT molecular complexity index is 478. The lowest BCUT2D eigenvalue weighted by Gasteiger charge is -2.29. The monoisotopic (exact) mass is 311 g/mol. The van der Waals surface area contributed by atoms with E-state index >= 15 is 0 Å². The smallest absolute Gasteiger partial charge is 0.265 e. The van der Waals surface area contributed by atoms with Crippen molar-refractivity contribution in [3.63, 3.8) is 0 Å². The molecule has 0 atom stereocenters. The Morgan fingerprint density at radius 1 is 1.43 bits per heavy atom. The van der Waals surface area contributed by atoms with Gasteiger partial charge in [-0.1, -0.05) is 11.3 Å². The summed E-state index contributed by atoms with van der Waals surface area (Å²) in [5.74, 6) is 0.255. The molecule has 1 aliphatic heterocycles. The molecule has 0 bridgehead atoms. The summed E-state index contributed by atoms with van der Waals surface area (Å²) >= 11 is 1.38.